The number of nitrogens with one attached hydrogen (secondary N) is 1. The van der Waals surface area contributed by atoms with Crippen LogP contribution < -0.4 is 5.32 Å². The lowest BCUT2D eigenvalue weighted by Gasteiger charge is -2.13. The van der Waals surface area contributed by atoms with Crippen LogP contribution in [-0.2, 0) is 0 Å². The fraction of sp³-hybridized carbons (Fsp3) is 0. The second kappa shape index (κ2) is 8.08. The first-order valence-electron chi connectivity index (χ1n) is 9.05. The summed E-state index contributed by atoms with van der Waals surface area (Å²) in [5.41, 5.74) is 2.84. The molecule has 0 amide bonds. The zero-order valence-electron chi connectivity index (χ0n) is 15.3. The van der Waals surface area contributed by atoms with Gasteiger partial charge in [-0.25, -0.2) is 9.97 Å². The zero-order valence-corrected chi connectivity index (χ0v) is 16.9. The van der Waals surface area contributed by atoms with Crippen LogP contribution in [0.1, 0.15) is 0 Å². The summed E-state index contributed by atoms with van der Waals surface area (Å²) in [6, 6.07) is 30.2. The van der Waals surface area contributed by atoms with Crippen molar-refractivity contribution in [1.29, 1.82) is 0 Å². The summed E-state index contributed by atoms with van der Waals surface area (Å²) in [5, 5.41) is 7.54. The van der Waals surface area contributed by atoms with Crippen molar-refractivity contribution in [3.8, 4) is 11.4 Å². The molecule has 5 aromatic rings. The van der Waals surface area contributed by atoms with E-state index in [1.807, 2.05) is 66.7 Å². The van der Waals surface area contributed by atoms with E-state index in [0.717, 1.165) is 33.4 Å². The molecule has 0 unspecified atom stereocenters. The molecule has 0 spiro atoms. The van der Waals surface area contributed by atoms with Gasteiger partial charge in [-0.3, -0.25) is 0 Å². The summed E-state index contributed by atoms with van der Waals surface area (Å²) in [6.07, 6.45) is 0. The van der Waals surface area contributed by atoms with Crippen LogP contribution in [0, 0.1) is 0 Å². The molecule has 0 aliphatic carbocycles. The molecule has 0 fully saturated rings. The van der Waals surface area contributed by atoms with E-state index in [1.54, 1.807) is 0 Å². The number of hydrogen-bond donors (Lipinski definition) is 1. The predicted molar refractivity (Wildman–Crippen MR) is 124 cm³/mol. The Hall–Kier alpha value is -3.14. The molecule has 3 nitrogen and oxygen atoms in total. The summed E-state index contributed by atoms with van der Waals surface area (Å²) >= 11 is 6.04. The van der Waals surface area contributed by atoms with Crippen molar-refractivity contribution in [2.45, 2.75) is 0 Å². The highest BCUT2D eigenvalue weighted by atomic mass is 35.5. The van der Waals surface area contributed by atoms with E-state index in [0.29, 0.717) is 10.8 Å². The molecule has 4 aromatic carbocycles. The largest absolute Gasteiger partial charge is 0.339 e. The number of benzene rings is 4. The molecular formula is C24H17Cl2N3. The maximum Gasteiger partial charge on any atom is 0.162 e. The number of aromatic nitrogens is 2. The third kappa shape index (κ3) is 3.75. The number of fused-ring (bicyclic) bond motifs is 2. The predicted octanol–water partition coefficient (Wildman–Crippen LogP) is 7.27. The summed E-state index contributed by atoms with van der Waals surface area (Å²) in [5.74, 6) is 1.45. The van der Waals surface area contributed by atoms with Crippen LogP contribution in [-0.4, -0.2) is 9.97 Å². The number of nitrogens with zero attached hydrogens (tertiary/aromatic N) is 2. The van der Waals surface area contributed by atoms with Gasteiger partial charge in [-0.1, -0.05) is 60.1 Å². The molecule has 0 radical (unpaired) electrons. The van der Waals surface area contributed by atoms with Crippen molar-refractivity contribution in [1.82, 2.24) is 9.97 Å². The van der Waals surface area contributed by atoms with Gasteiger partial charge in [0.25, 0.3) is 0 Å². The highest BCUT2D eigenvalue weighted by Crippen LogP contribution is 2.31. The van der Waals surface area contributed by atoms with Gasteiger partial charge < -0.3 is 5.32 Å². The minimum atomic E-state index is 0. The first-order valence-corrected chi connectivity index (χ1v) is 9.43. The Balaban J connectivity index is 0.00000205. The van der Waals surface area contributed by atoms with Crippen LogP contribution in [0.2, 0.25) is 5.02 Å². The van der Waals surface area contributed by atoms with Gasteiger partial charge >= 0.3 is 0 Å². The van der Waals surface area contributed by atoms with Gasteiger partial charge in [-0.15, -0.1) is 12.4 Å². The Bertz CT molecular complexity index is 1300. The molecule has 1 N–H and O–H groups in total. The highest BCUT2D eigenvalue weighted by molar-refractivity contribution is 6.30. The van der Waals surface area contributed by atoms with E-state index >= 15 is 0 Å². The maximum absolute atomic E-state index is 6.04. The molecule has 29 heavy (non-hydrogen) atoms. The zero-order chi connectivity index (χ0) is 18.9. The lowest BCUT2D eigenvalue weighted by Crippen LogP contribution is -1.99. The molecular weight excluding hydrogens is 401 g/mol. The van der Waals surface area contributed by atoms with E-state index in [4.69, 9.17) is 21.6 Å². The summed E-state index contributed by atoms with van der Waals surface area (Å²) < 4.78 is 0. The second-order valence-corrected chi connectivity index (χ2v) is 7.01. The normalized spacial score (nSPS) is 10.7. The van der Waals surface area contributed by atoms with Gasteiger partial charge in [0.2, 0.25) is 0 Å². The van der Waals surface area contributed by atoms with E-state index in [-0.39, 0.29) is 12.4 Å². The third-order valence-corrected chi connectivity index (χ3v) is 5.00. The van der Waals surface area contributed by atoms with Crippen LogP contribution in [0.4, 0.5) is 11.5 Å². The molecule has 0 saturated heterocycles. The quantitative estimate of drug-likeness (QED) is 0.335. The van der Waals surface area contributed by atoms with E-state index in [1.165, 1.54) is 5.39 Å². The van der Waals surface area contributed by atoms with Gasteiger partial charge in [0, 0.05) is 27.0 Å². The molecule has 5 heteroatoms. The lowest BCUT2D eigenvalue weighted by molar-refractivity contribution is 1.22. The average molecular weight is 418 g/mol. The standard InChI is InChI=1S/C24H16ClN3.ClH/c25-18-14-12-17(13-15-18)23-26-22-10-4-3-9-20(22)24(28-23)27-21-11-5-7-16-6-1-2-8-19(16)21;/h1-15H,(H,26,27,28);1H. The van der Waals surface area contributed by atoms with Crippen molar-refractivity contribution in [3.63, 3.8) is 0 Å². The van der Waals surface area contributed by atoms with Gasteiger partial charge in [0.05, 0.1) is 5.52 Å². The van der Waals surface area contributed by atoms with Gasteiger partial charge in [-0.05, 0) is 47.9 Å². The minimum Gasteiger partial charge on any atom is -0.339 e. The number of anilines is 2. The molecule has 0 atom stereocenters. The summed E-state index contributed by atoms with van der Waals surface area (Å²) in [7, 11) is 0. The third-order valence-electron chi connectivity index (χ3n) is 4.75. The Morgan fingerprint density at radius 3 is 2.17 bits per heavy atom. The van der Waals surface area contributed by atoms with Gasteiger partial charge in [0.15, 0.2) is 5.82 Å². The van der Waals surface area contributed by atoms with Crippen LogP contribution in [0.5, 0.6) is 0 Å². The Labute approximate surface area is 179 Å². The summed E-state index contributed by atoms with van der Waals surface area (Å²) in [6.45, 7) is 0. The molecule has 142 valence electrons. The molecule has 0 aliphatic heterocycles. The molecule has 1 aromatic heterocycles. The number of hydrogen-bond acceptors (Lipinski definition) is 3. The van der Waals surface area contributed by atoms with Crippen LogP contribution in [0.15, 0.2) is 91.0 Å². The van der Waals surface area contributed by atoms with Crippen LogP contribution in [0.3, 0.4) is 0 Å². The van der Waals surface area contributed by atoms with Crippen LogP contribution in [0.25, 0.3) is 33.1 Å². The van der Waals surface area contributed by atoms with Gasteiger partial charge in [-0.2, -0.15) is 0 Å². The maximum atomic E-state index is 6.04. The monoisotopic (exact) mass is 417 g/mol. The molecule has 0 saturated carbocycles. The highest BCUT2D eigenvalue weighted by Gasteiger charge is 2.11. The van der Waals surface area contributed by atoms with E-state index < -0.39 is 0 Å². The average Bonchev–Trinajstić information content (AvgIpc) is 2.74. The van der Waals surface area contributed by atoms with Crippen molar-refractivity contribution in [2.24, 2.45) is 0 Å². The smallest absolute Gasteiger partial charge is 0.162 e. The van der Waals surface area contributed by atoms with E-state index in [2.05, 4.69) is 29.6 Å². The lowest BCUT2D eigenvalue weighted by atomic mass is 10.1. The molecule has 0 bridgehead atoms. The first-order chi connectivity index (χ1) is 13.8. The topological polar surface area (TPSA) is 37.8 Å². The van der Waals surface area contributed by atoms with Gasteiger partial charge in [0.1, 0.15) is 5.82 Å². The SMILES string of the molecule is Cl.Clc1ccc(-c2nc(Nc3cccc4ccccc34)c3ccccc3n2)cc1. The molecule has 0 aliphatic rings. The Kier molecular flexibility index (Phi) is 5.34. The van der Waals surface area contributed by atoms with Crippen molar-refractivity contribution >= 4 is 57.2 Å². The molecule has 1 heterocycles. The molecule has 5 rings (SSSR count). The second-order valence-electron chi connectivity index (χ2n) is 6.57. The fourth-order valence-corrected chi connectivity index (χ4v) is 3.49. The Morgan fingerprint density at radius 1 is 0.655 bits per heavy atom. The number of para-hydroxylation sites is 1. The van der Waals surface area contributed by atoms with Crippen LogP contribution >= 0.6 is 24.0 Å². The van der Waals surface area contributed by atoms with Crippen molar-refractivity contribution in [2.75, 3.05) is 5.32 Å². The minimum absolute atomic E-state index is 0. The first kappa shape index (κ1) is 19.2. The van der Waals surface area contributed by atoms with E-state index in [9.17, 15) is 0 Å². The fourth-order valence-electron chi connectivity index (χ4n) is 3.36. The number of rotatable bonds is 3. The Morgan fingerprint density at radius 2 is 1.34 bits per heavy atom. The summed E-state index contributed by atoms with van der Waals surface area (Å²) in [4.78, 5) is 9.58. The van der Waals surface area contributed by atoms with Crippen molar-refractivity contribution < 1.29 is 0 Å². The van der Waals surface area contributed by atoms with Crippen molar-refractivity contribution in [3.05, 3.63) is 96.0 Å². The number of halogens is 2.